The van der Waals surface area contributed by atoms with E-state index in [1.165, 1.54) is 0 Å². The summed E-state index contributed by atoms with van der Waals surface area (Å²) in [5.41, 5.74) is 17.2. The maximum Gasteiger partial charge on any atom is 0.252 e. The van der Waals surface area contributed by atoms with E-state index < -0.39 is 78.6 Å². The van der Waals surface area contributed by atoms with E-state index in [9.17, 15) is 16.4 Å². The highest BCUT2D eigenvalue weighted by Gasteiger charge is 2.46. The van der Waals surface area contributed by atoms with E-state index in [0.717, 1.165) is 77.8 Å². The molecule has 7 heteroatoms. The Morgan fingerprint density at radius 3 is 1.29 bits per heavy atom. The second-order valence-electron chi connectivity index (χ2n) is 30.7. The van der Waals surface area contributed by atoms with Crippen LogP contribution in [0.2, 0.25) is 0 Å². The van der Waals surface area contributed by atoms with Crippen LogP contribution in [0, 0.1) is 0 Å². The summed E-state index contributed by atoms with van der Waals surface area (Å²) in [6.45, 7) is 19.0. The Labute approximate surface area is 641 Å². The van der Waals surface area contributed by atoms with E-state index in [1.54, 1.807) is 10.6 Å². The van der Waals surface area contributed by atoms with Crippen LogP contribution < -0.4 is 26.2 Å². The van der Waals surface area contributed by atoms with Crippen LogP contribution in [0.15, 0.2) is 327 Å². The number of fused-ring (bicyclic) bond motifs is 7. The zero-order valence-corrected chi connectivity index (χ0v) is 60.4. The standard InChI is InChI=1S/C99H81BN6/c1-97(2,3)74-54-73(55-75(59-74)98(4,5)6)72-48-51-83-89(58-72)106(93-81(67-38-22-13-23-39-67)60-76(99(7,8)9)61-82(93)96-102-94(68-40-24-14-25-41-68)101-95(103-96)69-42-26-15-27-43-69)91-63-77(104-85-46-30-28-44-78(85)79-45-29-31-47-86(79)104)62-90-92(91)100(83)84-57-71(65-34-18-11-19-35-65)50-53-88(84)105(90)87-52-49-70(64-32-16-10-17-33-64)56-80(87)66-36-20-12-21-37-66/h10-63H,1-9H3/i11D,18D,19D,28D,29D,30D,31D,34D,35D,44D,45D,46D,47D. The molecule has 0 atom stereocenters. The molecule has 2 aliphatic heterocycles. The Morgan fingerprint density at radius 1 is 0.292 bits per heavy atom. The highest BCUT2D eigenvalue weighted by atomic mass is 15.2. The van der Waals surface area contributed by atoms with Crippen molar-refractivity contribution in [3.63, 3.8) is 0 Å². The molecule has 2 aromatic heterocycles. The van der Waals surface area contributed by atoms with E-state index in [-0.39, 0.29) is 56.0 Å². The lowest BCUT2D eigenvalue weighted by Crippen LogP contribution is -2.61. The summed E-state index contributed by atoms with van der Waals surface area (Å²) in [6.07, 6.45) is 0. The first kappa shape index (κ1) is 52.5. The van der Waals surface area contributed by atoms with Gasteiger partial charge in [0.15, 0.2) is 17.5 Å². The van der Waals surface area contributed by atoms with Crippen LogP contribution in [-0.4, -0.2) is 26.2 Å². The fourth-order valence-electron chi connectivity index (χ4n) is 15.3. The maximum absolute atomic E-state index is 10.2. The lowest BCUT2D eigenvalue weighted by Gasteiger charge is -2.46. The molecule has 0 saturated carbocycles. The summed E-state index contributed by atoms with van der Waals surface area (Å²) in [6, 6.07) is 77.4. The van der Waals surface area contributed by atoms with Gasteiger partial charge in [-0.25, -0.2) is 15.0 Å². The highest BCUT2D eigenvalue weighted by molar-refractivity contribution is 7.00. The molecule has 106 heavy (non-hydrogen) atoms. The summed E-state index contributed by atoms with van der Waals surface area (Å²) in [7, 11) is 0. The smallest absolute Gasteiger partial charge is 0.252 e. The summed E-state index contributed by atoms with van der Waals surface area (Å²) < 4.78 is 126. The molecule has 0 amide bonds. The average Bonchev–Trinajstić information content (AvgIpc) is 1.66. The summed E-state index contributed by atoms with van der Waals surface area (Å²) in [5, 5.41) is -0.202. The molecule has 0 bridgehead atoms. The van der Waals surface area contributed by atoms with Crippen LogP contribution in [0.3, 0.4) is 0 Å². The molecule has 0 spiro atoms. The first-order valence-corrected chi connectivity index (χ1v) is 36.0. The van der Waals surface area contributed by atoms with Crippen molar-refractivity contribution in [3.05, 3.63) is 344 Å². The van der Waals surface area contributed by atoms with Crippen molar-refractivity contribution in [1.29, 1.82) is 0 Å². The molecule has 0 saturated heterocycles. The third-order valence-corrected chi connectivity index (χ3v) is 20.8. The van der Waals surface area contributed by atoms with Crippen molar-refractivity contribution in [2.24, 2.45) is 0 Å². The number of anilines is 6. The zero-order valence-electron chi connectivity index (χ0n) is 73.4. The number of para-hydroxylation sites is 2. The SMILES string of the molecule is [2H]c1c([2H])c([2H])c(-c2ccc3c(c2)B2c4ccc(-c5cc(C(C)(C)C)cc(C(C)(C)C)c5)cc4N(c4c(-c5ccccc5)cc(C(C)(C)C)cc4-c4nc(-c5ccccc5)nc(-c5ccccc5)n4)c4cc(-n5c6c([2H])c([2H])c([2H])c([2H])c6c6c([2H])c([2H])c([2H])c([2H])c65)cc(c42)N3c2ccc(-c3ccccc3)cc2-c2ccccc2)c([2H])c1[2H]. The molecular formula is C99H81BN6. The number of aromatic nitrogens is 4. The van der Waals surface area contributed by atoms with Gasteiger partial charge in [-0.15, -0.1) is 0 Å². The average molecular weight is 1380 g/mol. The lowest BCUT2D eigenvalue weighted by atomic mass is 9.33. The van der Waals surface area contributed by atoms with Gasteiger partial charge in [0.25, 0.3) is 6.71 Å². The molecule has 6 nitrogen and oxygen atoms in total. The van der Waals surface area contributed by atoms with Gasteiger partial charge in [-0.1, -0.05) is 329 Å². The van der Waals surface area contributed by atoms with Gasteiger partial charge in [0.05, 0.1) is 45.9 Å². The number of rotatable bonds is 11. The third-order valence-electron chi connectivity index (χ3n) is 20.8. The lowest BCUT2D eigenvalue weighted by molar-refractivity contribution is 0.569. The second kappa shape index (κ2) is 25.8. The van der Waals surface area contributed by atoms with Gasteiger partial charge in [-0.3, -0.25) is 0 Å². The van der Waals surface area contributed by atoms with Crippen LogP contribution in [0.25, 0.3) is 117 Å². The molecule has 0 unspecified atom stereocenters. The molecular weight excluding hydrogens is 1280 g/mol. The van der Waals surface area contributed by atoms with E-state index in [4.69, 9.17) is 16.3 Å². The van der Waals surface area contributed by atoms with Crippen LogP contribution in [0.5, 0.6) is 0 Å². The van der Waals surface area contributed by atoms with Gasteiger partial charge in [0.2, 0.25) is 0 Å². The van der Waals surface area contributed by atoms with Crippen molar-refractivity contribution in [2.75, 3.05) is 9.80 Å². The Balaban J connectivity index is 1.10. The Hall–Kier alpha value is -12.4. The molecule has 2 aliphatic rings. The van der Waals surface area contributed by atoms with Gasteiger partial charge >= 0.3 is 0 Å². The van der Waals surface area contributed by atoms with E-state index in [1.807, 2.05) is 140 Å². The van der Waals surface area contributed by atoms with E-state index in [0.29, 0.717) is 73.7 Å². The largest absolute Gasteiger partial charge is 0.311 e. The minimum absolute atomic E-state index is 0.00367. The van der Waals surface area contributed by atoms with Crippen molar-refractivity contribution in [2.45, 2.75) is 78.6 Å². The quantitative estimate of drug-likeness (QED) is 0.121. The van der Waals surface area contributed by atoms with Crippen LogP contribution in [0.1, 0.15) is 96.8 Å². The number of hydrogen-bond acceptors (Lipinski definition) is 5. The van der Waals surface area contributed by atoms with Crippen LogP contribution in [-0.2, 0) is 16.2 Å². The Kier molecular flexibility index (Phi) is 12.8. The van der Waals surface area contributed by atoms with Crippen molar-refractivity contribution < 1.29 is 17.8 Å². The van der Waals surface area contributed by atoms with Gasteiger partial charge < -0.3 is 14.4 Å². The maximum atomic E-state index is 10.2. The van der Waals surface area contributed by atoms with Crippen molar-refractivity contribution in [1.82, 2.24) is 19.5 Å². The molecule has 0 fully saturated rings. The van der Waals surface area contributed by atoms with Gasteiger partial charge in [0.1, 0.15) is 0 Å². The second-order valence-corrected chi connectivity index (χ2v) is 30.7. The molecule has 18 rings (SSSR count). The zero-order chi connectivity index (χ0) is 83.5. The molecule has 14 aromatic carbocycles. The van der Waals surface area contributed by atoms with Gasteiger partial charge in [-0.2, -0.15) is 0 Å². The van der Waals surface area contributed by atoms with Crippen molar-refractivity contribution in [3.8, 4) is 95.5 Å². The Bertz CT molecular complexity index is 6710. The molecule has 16 aromatic rings. The van der Waals surface area contributed by atoms with Gasteiger partial charge in [-0.05, 0) is 154 Å². The number of benzene rings is 14. The minimum atomic E-state index is -0.836. The number of nitrogens with zero attached hydrogens (tertiary/aromatic N) is 6. The third kappa shape index (κ3) is 11.6. The Morgan fingerprint density at radius 2 is 0.736 bits per heavy atom. The highest BCUT2D eigenvalue weighted by Crippen LogP contribution is 2.54. The normalized spacial score (nSPS) is 14.4. The molecule has 510 valence electrons. The summed E-state index contributed by atoms with van der Waals surface area (Å²) in [4.78, 5) is 21.1. The van der Waals surface area contributed by atoms with E-state index in [2.05, 4.69) is 175 Å². The van der Waals surface area contributed by atoms with Gasteiger partial charge in [0, 0.05) is 61.3 Å². The van der Waals surface area contributed by atoms with Crippen LogP contribution in [0.4, 0.5) is 34.1 Å². The first-order chi connectivity index (χ1) is 56.9. The molecule has 0 radical (unpaired) electrons. The molecule has 0 N–H and O–H groups in total. The van der Waals surface area contributed by atoms with Crippen LogP contribution >= 0.6 is 0 Å². The molecule has 4 heterocycles. The predicted octanol–water partition coefficient (Wildman–Crippen LogP) is 24.3. The van der Waals surface area contributed by atoms with E-state index >= 15 is 0 Å². The fourth-order valence-corrected chi connectivity index (χ4v) is 15.3. The predicted molar refractivity (Wildman–Crippen MR) is 448 cm³/mol. The van der Waals surface area contributed by atoms with Crippen molar-refractivity contribution >= 4 is 79.0 Å². The summed E-state index contributed by atoms with van der Waals surface area (Å²) in [5.74, 6) is 1.14. The fraction of sp³-hybridized carbons (Fsp3) is 0.121. The number of hydrogen-bond donors (Lipinski definition) is 0. The summed E-state index contributed by atoms with van der Waals surface area (Å²) >= 11 is 0. The molecule has 0 aliphatic carbocycles. The first-order valence-electron chi connectivity index (χ1n) is 42.5. The minimum Gasteiger partial charge on any atom is -0.311 e. The monoisotopic (exact) mass is 1380 g/mol. The topological polar surface area (TPSA) is 50.1 Å².